The number of carbonyl (C=O) groups excluding carboxylic acids is 1. The molecule has 0 atom stereocenters. The molecule has 0 amide bonds. The van der Waals surface area contributed by atoms with Gasteiger partial charge in [-0.25, -0.2) is 14.3 Å². The van der Waals surface area contributed by atoms with Crippen molar-refractivity contribution in [3.05, 3.63) is 66.0 Å². The maximum atomic E-state index is 12.9. The number of para-hydroxylation sites is 2. The van der Waals surface area contributed by atoms with E-state index in [1.807, 2.05) is 63.2 Å². The van der Waals surface area contributed by atoms with Crippen molar-refractivity contribution in [2.45, 2.75) is 57.8 Å². The maximum Gasteiger partial charge on any atom is 0.420 e. The Balaban J connectivity index is 1.50. The minimum absolute atomic E-state index is 0.192. The van der Waals surface area contributed by atoms with Crippen LogP contribution in [-0.4, -0.2) is 27.3 Å². The number of aromatic nitrogens is 2. The lowest BCUT2D eigenvalue weighted by atomic mass is 9.81. The summed E-state index contributed by atoms with van der Waals surface area (Å²) in [6, 6.07) is 17.9. The van der Waals surface area contributed by atoms with Gasteiger partial charge in [-0.2, -0.15) is 0 Å². The van der Waals surface area contributed by atoms with Crippen LogP contribution in [0.1, 0.15) is 50.9 Å². The first-order chi connectivity index (χ1) is 13.4. The number of ether oxygens (including phenoxy) is 2. The number of imidazole rings is 1. The Morgan fingerprint density at radius 3 is 2.46 bits per heavy atom. The minimum atomic E-state index is -0.555. The molecule has 28 heavy (non-hydrogen) atoms. The molecule has 0 aliphatic heterocycles. The Morgan fingerprint density at radius 1 is 1.07 bits per heavy atom. The third-order valence-electron chi connectivity index (χ3n) is 4.95. The molecule has 5 nitrogen and oxygen atoms in total. The lowest BCUT2D eigenvalue weighted by Gasteiger charge is -2.35. The van der Waals surface area contributed by atoms with Gasteiger partial charge in [0.2, 0.25) is 0 Å². The van der Waals surface area contributed by atoms with Crippen molar-refractivity contribution in [1.82, 2.24) is 9.55 Å². The van der Waals surface area contributed by atoms with Gasteiger partial charge in [-0.1, -0.05) is 42.5 Å². The molecule has 0 radical (unpaired) electrons. The molecule has 0 N–H and O–H groups in total. The standard InChI is InChI=1S/C23H26N2O3/c1-23(2,3)28-22(26)25-20-12-8-7-11-19(20)24-21(25)17-13-18(14-17)27-15-16-9-5-4-6-10-16/h4-12,17-18H,13-15H2,1-3H3/t17-,18+. The number of hydrogen-bond acceptors (Lipinski definition) is 4. The lowest BCUT2D eigenvalue weighted by molar-refractivity contribution is -0.0230. The summed E-state index contributed by atoms with van der Waals surface area (Å²) in [6.45, 7) is 6.24. The Morgan fingerprint density at radius 2 is 1.75 bits per heavy atom. The van der Waals surface area contributed by atoms with Gasteiger partial charge >= 0.3 is 6.09 Å². The minimum Gasteiger partial charge on any atom is -0.443 e. The Bertz CT molecular complexity index is 966. The van der Waals surface area contributed by atoms with E-state index in [0.717, 1.165) is 29.7 Å². The van der Waals surface area contributed by atoms with Crippen LogP contribution in [0.4, 0.5) is 4.79 Å². The number of nitrogens with zero attached hydrogens (tertiary/aromatic N) is 2. The molecule has 1 fully saturated rings. The quantitative estimate of drug-likeness (QED) is 0.620. The predicted molar refractivity (Wildman–Crippen MR) is 108 cm³/mol. The molecule has 0 saturated heterocycles. The molecule has 1 aromatic heterocycles. The first-order valence-electron chi connectivity index (χ1n) is 9.77. The van der Waals surface area contributed by atoms with Crippen LogP contribution in [0.25, 0.3) is 11.0 Å². The van der Waals surface area contributed by atoms with E-state index in [0.29, 0.717) is 6.61 Å². The van der Waals surface area contributed by atoms with Gasteiger partial charge in [-0.05, 0) is 51.3 Å². The Kier molecular flexibility index (Phi) is 4.94. The summed E-state index contributed by atoms with van der Waals surface area (Å²) in [4.78, 5) is 17.6. The van der Waals surface area contributed by atoms with E-state index in [4.69, 9.17) is 14.5 Å². The number of rotatable bonds is 4. The summed E-state index contributed by atoms with van der Waals surface area (Å²) >= 11 is 0. The van der Waals surface area contributed by atoms with E-state index in [9.17, 15) is 4.79 Å². The summed E-state index contributed by atoms with van der Waals surface area (Å²) in [5, 5.41) is 0. The molecular weight excluding hydrogens is 352 g/mol. The summed E-state index contributed by atoms with van der Waals surface area (Å²) in [7, 11) is 0. The molecule has 0 bridgehead atoms. The van der Waals surface area contributed by atoms with Crippen molar-refractivity contribution in [2.75, 3.05) is 0 Å². The van der Waals surface area contributed by atoms with Crippen molar-refractivity contribution >= 4 is 17.1 Å². The van der Waals surface area contributed by atoms with Gasteiger partial charge in [-0.3, -0.25) is 0 Å². The predicted octanol–water partition coefficient (Wildman–Crippen LogP) is 5.28. The molecule has 1 heterocycles. The van der Waals surface area contributed by atoms with Gasteiger partial charge in [0, 0.05) is 5.92 Å². The highest BCUT2D eigenvalue weighted by molar-refractivity contribution is 5.87. The monoisotopic (exact) mass is 378 g/mol. The number of hydrogen-bond donors (Lipinski definition) is 0. The zero-order valence-electron chi connectivity index (χ0n) is 16.6. The topological polar surface area (TPSA) is 53.4 Å². The van der Waals surface area contributed by atoms with Crippen LogP contribution in [0.2, 0.25) is 0 Å². The van der Waals surface area contributed by atoms with Gasteiger partial charge in [0.15, 0.2) is 0 Å². The SMILES string of the molecule is CC(C)(C)OC(=O)n1c2ccccc2nc1[C@H]1C[C@@H](OCc2ccccc2)C1. The molecule has 0 unspecified atom stereocenters. The number of fused-ring (bicyclic) bond motifs is 1. The lowest BCUT2D eigenvalue weighted by Crippen LogP contribution is -2.34. The molecule has 3 aromatic rings. The molecule has 4 rings (SSSR count). The van der Waals surface area contributed by atoms with Crippen molar-refractivity contribution < 1.29 is 14.3 Å². The normalized spacial score (nSPS) is 19.4. The fourth-order valence-electron chi connectivity index (χ4n) is 3.52. The molecule has 146 valence electrons. The second-order valence-electron chi connectivity index (χ2n) is 8.36. The van der Waals surface area contributed by atoms with E-state index in [1.54, 1.807) is 4.57 Å². The van der Waals surface area contributed by atoms with E-state index in [2.05, 4.69) is 12.1 Å². The molecular formula is C23H26N2O3. The van der Waals surface area contributed by atoms with Crippen LogP contribution in [0.15, 0.2) is 54.6 Å². The maximum absolute atomic E-state index is 12.9. The molecule has 5 heteroatoms. The number of benzene rings is 2. The molecule has 1 saturated carbocycles. The van der Waals surface area contributed by atoms with Gasteiger partial charge in [0.1, 0.15) is 11.4 Å². The summed E-state index contributed by atoms with van der Waals surface area (Å²) in [5.74, 6) is 0.968. The van der Waals surface area contributed by atoms with Crippen LogP contribution in [0, 0.1) is 0 Å². The average molecular weight is 378 g/mol. The zero-order valence-corrected chi connectivity index (χ0v) is 16.6. The highest BCUT2D eigenvalue weighted by atomic mass is 16.6. The average Bonchev–Trinajstić information content (AvgIpc) is 2.99. The van der Waals surface area contributed by atoms with Crippen molar-refractivity contribution in [2.24, 2.45) is 0 Å². The van der Waals surface area contributed by atoms with Crippen molar-refractivity contribution in [3.63, 3.8) is 0 Å². The highest BCUT2D eigenvalue weighted by Crippen LogP contribution is 2.40. The van der Waals surface area contributed by atoms with Crippen molar-refractivity contribution in [1.29, 1.82) is 0 Å². The number of carbonyl (C=O) groups is 1. The third-order valence-corrected chi connectivity index (χ3v) is 4.95. The van der Waals surface area contributed by atoms with Crippen LogP contribution < -0.4 is 0 Å². The van der Waals surface area contributed by atoms with Gasteiger partial charge in [0.05, 0.1) is 23.7 Å². The van der Waals surface area contributed by atoms with Gasteiger partial charge in [0.25, 0.3) is 0 Å². The Hall–Kier alpha value is -2.66. The molecule has 1 aliphatic rings. The van der Waals surface area contributed by atoms with Gasteiger partial charge < -0.3 is 9.47 Å². The molecule has 0 spiro atoms. The first kappa shape index (κ1) is 18.7. The fraction of sp³-hybridized carbons (Fsp3) is 0.391. The van der Waals surface area contributed by atoms with Crippen molar-refractivity contribution in [3.8, 4) is 0 Å². The molecule has 2 aromatic carbocycles. The summed E-state index contributed by atoms with van der Waals surface area (Å²) < 4.78 is 13.3. The van der Waals surface area contributed by atoms with Crippen LogP contribution in [0.5, 0.6) is 0 Å². The van der Waals surface area contributed by atoms with Gasteiger partial charge in [-0.15, -0.1) is 0 Å². The highest BCUT2D eigenvalue weighted by Gasteiger charge is 2.36. The van der Waals surface area contributed by atoms with E-state index >= 15 is 0 Å². The van der Waals surface area contributed by atoms with Crippen LogP contribution >= 0.6 is 0 Å². The second-order valence-corrected chi connectivity index (χ2v) is 8.36. The summed E-state index contributed by atoms with van der Waals surface area (Å²) in [6.07, 6.45) is 1.54. The summed E-state index contributed by atoms with van der Waals surface area (Å²) in [5.41, 5.74) is 2.23. The Labute approximate surface area is 165 Å². The smallest absolute Gasteiger partial charge is 0.420 e. The van der Waals surface area contributed by atoms with E-state index < -0.39 is 5.60 Å². The fourth-order valence-corrected chi connectivity index (χ4v) is 3.52. The largest absolute Gasteiger partial charge is 0.443 e. The van der Waals surface area contributed by atoms with Crippen LogP contribution in [0.3, 0.4) is 0 Å². The first-order valence-corrected chi connectivity index (χ1v) is 9.77. The van der Waals surface area contributed by atoms with Crippen LogP contribution in [-0.2, 0) is 16.1 Å². The van der Waals surface area contributed by atoms with E-state index in [1.165, 1.54) is 5.56 Å². The van der Waals surface area contributed by atoms with E-state index in [-0.39, 0.29) is 18.1 Å². The second kappa shape index (κ2) is 7.40. The zero-order chi connectivity index (χ0) is 19.7. The molecule has 1 aliphatic carbocycles. The third kappa shape index (κ3) is 3.94.